The van der Waals surface area contributed by atoms with E-state index in [0.29, 0.717) is 30.4 Å². The highest BCUT2D eigenvalue weighted by Gasteiger charge is 2.25. The Kier molecular flexibility index (Phi) is 11.0. The van der Waals surface area contributed by atoms with Gasteiger partial charge in [0, 0.05) is 24.7 Å². The van der Waals surface area contributed by atoms with Gasteiger partial charge in [0.25, 0.3) is 0 Å². The van der Waals surface area contributed by atoms with Gasteiger partial charge in [0.15, 0.2) is 5.96 Å². The van der Waals surface area contributed by atoms with Gasteiger partial charge in [0.2, 0.25) is 0 Å². The lowest BCUT2D eigenvalue weighted by molar-refractivity contribution is -0.0505. The van der Waals surface area contributed by atoms with Gasteiger partial charge < -0.3 is 24.5 Å². The number of methoxy groups -OCH3 is 1. The van der Waals surface area contributed by atoms with E-state index in [2.05, 4.69) is 25.3 Å². The van der Waals surface area contributed by atoms with E-state index in [9.17, 15) is 8.78 Å². The van der Waals surface area contributed by atoms with Gasteiger partial charge in [-0.2, -0.15) is 8.78 Å². The largest absolute Gasteiger partial charge is 0.497 e. The van der Waals surface area contributed by atoms with Gasteiger partial charge in [0.05, 0.1) is 26.0 Å². The molecule has 0 amide bonds. The zero-order chi connectivity index (χ0) is 22.1. The molecule has 178 valence electrons. The molecular weight excluding hydrogens is 533 g/mol. The maximum Gasteiger partial charge on any atom is 0.387 e. The molecule has 3 rings (SSSR count). The highest BCUT2D eigenvalue weighted by molar-refractivity contribution is 14.0. The van der Waals surface area contributed by atoms with Crippen molar-refractivity contribution >= 4 is 29.9 Å². The molecule has 1 aliphatic heterocycles. The van der Waals surface area contributed by atoms with Crippen LogP contribution in [0.2, 0.25) is 0 Å². The number of ether oxygens (including phenoxy) is 2. The average Bonchev–Trinajstić information content (AvgIpc) is 3.47. The Morgan fingerprint density at radius 2 is 2.00 bits per heavy atom. The van der Waals surface area contributed by atoms with Crippen LogP contribution in [0.15, 0.2) is 46.0 Å². The summed E-state index contributed by atoms with van der Waals surface area (Å²) in [5, 5.41) is 6.57. The Bertz CT molecular complexity index is 831. The summed E-state index contributed by atoms with van der Waals surface area (Å²) >= 11 is 0. The fraction of sp³-hybridized carbons (Fsp3) is 0.500. The summed E-state index contributed by atoms with van der Waals surface area (Å²) in [6, 6.07) is 8.80. The fourth-order valence-electron chi connectivity index (χ4n) is 3.64. The molecule has 1 atom stereocenters. The number of likely N-dealkylation sites (tertiary alicyclic amines) is 1. The third-order valence-corrected chi connectivity index (χ3v) is 5.16. The molecule has 0 bridgehead atoms. The Morgan fingerprint density at radius 3 is 2.62 bits per heavy atom. The van der Waals surface area contributed by atoms with E-state index in [1.54, 1.807) is 18.4 Å². The molecule has 2 aromatic rings. The molecule has 0 radical (unpaired) electrons. The van der Waals surface area contributed by atoms with Gasteiger partial charge in [-0.3, -0.25) is 4.90 Å². The number of nitrogens with one attached hydrogen (secondary N) is 2. The fourth-order valence-corrected chi connectivity index (χ4v) is 3.64. The van der Waals surface area contributed by atoms with Gasteiger partial charge in [-0.15, -0.1) is 24.0 Å². The summed E-state index contributed by atoms with van der Waals surface area (Å²) in [4.78, 5) is 6.96. The first kappa shape index (κ1) is 26.2. The number of guanidine groups is 1. The lowest BCUT2D eigenvalue weighted by atomic mass is 10.2. The minimum Gasteiger partial charge on any atom is -0.497 e. The van der Waals surface area contributed by atoms with E-state index < -0.39 is 6.61 Å². The van der Waals surface area contributed by atoms with Crippen LogP contribution in [0.1, 0.15) is 37.1 Å². The highest BCUT2D eigenvalue weighted by atomic mass is 127. The second kappa shape index (κ2) is 13.5. The number of hydrogen-bond acceptors (Lipinski definition) is 5. The second-order valence-electron chi connectivity index (χ2n) is 7.20. The molecule has 10 heteroatoms. The van der Waals surface area contributed by atoms with Crippen LogP contribution < -0.4 is 20.1 Å². The maximum atomic E-state index is 12.8. The number of halogens is 3. The molecule has 2 heterocycles. The quantitative estimate of drug-likeness (QED) is 0.254. The van der Waals surface area contributed by atoms with Crippen LogP contribution in [0.4, 0.5) is 8.78 Å². The van der Waals surface area contributed by atoms with Crippen LogP contribution in [0, 0.1) is 0 Å². The molecule has 1 fully saturated rings. The van der Waals surface area contributed by atoms with E-state index in [1.807, 2.05) is 19.1 Å². The number of furan rings is 1. The summed E-state index contributed by atoms with van der Waals surface area (Å²) < 4.78 is 41.0. The first-order valence-corrected chi connectivity index (χ1v) is 10.5. The highest BCUT2D eigenvalue weighted by Crippen LogP contribution is 2.27. The number of aliphatic imine (C=N–C) groups is 1. The first-order valence-electron chi connectivity index (χ1n) is 10.5. The third kappa shape index (κ3) is 7.51. The van der Waals surface area contributed by atoms with Crippen molar-refractivity contribution in [3.8, 4) is 11.5 Å². The van der Waals surface area contributed by atoms with Crippen molar-refractivity contribution in [2.24, 2.45) is 4.99 Å². The SMILES string of the molecule is CCNC(=NCc1ccc(OC)cc1OC(F)F)NCC(c1ccco1)N1CCCC1.I. The molecule has 1 unspecified atom stereocenters. The maximum absolute atomic E-state index is 12.8. The van der Waals surface area contributed by atoms with E-state index in [1.165, 1.54) is 26.0 Å². The molecule has 1 aliphatic rings. The molecule has 32 heavy (non-hydrogen) atoms. The van der Waals surface area contributed by atoms with Gasteiger partial charge in [-0.25, -0.2) is 4.99 Å². The smallest absolute Gasteiger partial charge is 0.387 e. The van der Waals surface area contributed by atoms with Crippen molar-refractivity contribution in [3.63, 3.8) is 0 Å². The Labute approximate surface area is 204 Å². The minimum absolute atomic E-state index is 0. The summed E-state index contributed by atoms with van der Waals surface area (Å²) in [7, 11) is 1.47. The summed E-state index contributed by atoms with van der Waals surface area (Å²) in [5.41, 5.74) is 0.542. The van der Waals surface area contributed by atoms with Crippen molar-refractivity contribution in [2.75, 3.05) is 33.3 Å². The molecular formula is C22H31F2IN4O3. The predicted molar refractivity (Wildman–Crippen MR) is 130 cm³/mol. The molecule has 0 spiro atoms. The van der Waals surface area contributed by atoms with Crippen molar-refractivity contribution in [1.82, 2.24) is 15.5 Å². The zero-order valence-corrected chi connectivity index (χ0v) is 20.7. The number of hydrogen-bond donors (Lipinski definition) is 2. The summed E-state index contributed by atoms with van der Waals surface area (Å²) in [5.74, 6) is 2.00. The normalized spacial score (nSPS) is 15.3. The minimum atomic E-state index is -2.92. The van der Waals surface area contributed by atoms with Gasteiger partial charge >= 0.3 is 6.61 Å². The van der Waals surface area contributed by atoms with Crippen LogP contribution in [0.3, 0.4) is 0 Å². The number of benzene rings is 1. The van der Waals surface area contributed by atoms with E-state index in [4.69, 9.17) is 9.15 Å². The Hall–Kier alpha value is -2.08. The first-order chi connectivity index (χ1) is 15.1. The molecule has 1 aromatic carbocycles. The van der Waals surface area contributed by atoms with Gasteiger partial charge in [0.1, 0.15) is 17.3 Å². The topological polar surface area (TPSA) is 71.3 Å². The molecule has 1 saturated heterocycles. The lowest BCUT2D eigenvalue weighted by Gasteiger charge is -2.26. The monoisotopic (exact) mass is 564 g/mol. The van der Waals surface area contributed by atoms with Crippen molar-refractivity contribution in [1.29, 1.82) is 0 Å². The number of alkyl halides is 2. The Morgan fingerprint density at radius 1 is 1.22 bits per heavy atom. The molecule has 1 aromatic heterocycles. The lowest BCUT2D eigenvalue weighted by Crippen LogP contribution is -2.42. The predicted octanol–water partition coefficient (Wildman–Crippen LogP) is 4.40. The standard InChI is InChI=1S/C22H30F2N4O3.HI/c1-3-25-22(26-14-16-8-9-17(29-2)13-20(16)31-21(23)24)27-15-18(19-7-6-12-30-19)28-10-4-5-11-28;/h6-9,12-13,18,21H,3-5,10-11,14-15H2,1-2H3,(H2,25,26,27);1H. The van der Waals surface area contributed by atoms with E-state index in [0.717, 1.165) is 18.8 Å². The molecule has 0 aliphatic carbocycles. The molecule has 0 saturated carbocycles. The zero-order valence-electron chi connectivity index (χ0n) is 18.4. The van der Waals surface area contributed by atoms with Crippen LogP contribution in [0.25, 0.3) is 0 Å². The van der Waals surface area contributed by atoms with E-state index >= 15 is 0 Å². The Balaban J connectivity index is 0.00000363. The van der Waals surface area contributed by atoms with Crippen molar-refractivity contribution in [3.05, 3.63) is 47.9 Å². The van der Waals surface area contributed by atoms with Crippen LogP contribution in [-0.4, -0.2) is 50.8 Å². The number of rotatable bonds is 10. The number of nitrogens with zero attached hydrogens (tertiary/aromatic N) is 2. The second-order valence-corrected chi connectivity index (χ2v) is 7.20. The van der Waals surface area contributed by atoms with Crippen LogP contribution >= 0.6 is 24.0 Å². The van der Waals surface area contributed by atoms with Crippen LogP contribution in [0.5, 0.6) is 11.5 Å². The summed E-state index contributed by atoms with van der Waals surface area (Å²) in [6.07, 6.45) is 4.04. The molecule has 2 N–H and O–H groups in total. The van der Waals surface area contributed by atoms with Gasteiger partial charge in [-0.05, 0) is 57.1 Å². The molecule has 7 nitrogen and oxygen atoms in total. The van der Waals surface area contributed by atoms with Gasteiger partial charge in [-0.1, -0.05) is 0 Å². The van der Waals surface area contributed by atoms with Crippen LogP contribution in [-0.2, 0) is 6.54 Å². The van der Waals surface area contributed by atoms with Crippen molar-refractivity contribution in [2.45, 2.75) is 39.0 Å². The van der Waals surface area contributed by atoms with E-state index in [-0.39, 0.29) is 42.3 Å². The van der Waals surface area contributed by atoms with Crippen molar-refractivity contribution < 1.29 is 22.7 Å². The third-order valence-electron chi connectivity index (χ3n) is 5.16. The summed E-state index contributed by atoms with van der Waals surface area (Å²) in [6.45, 7) is 2.57. The average molecular weight is 564 g/mol.